The molecular formula is C24H23N7O2S. The lowest BCUT2D eigenvalue weighted by Crippen LogP contribution is -2.40. The van der Waals surface area contributed by atoms with Crippen LogP contribution in [0, 0.1) is 17.2 Å². The summed E-state index contributed by atoms with van der Waals surface area (Å²) < 4.78 is 7.14. The Morgan fingerprint density at radius 2 is 2.09 bits per heavy atom. The number of fused-ring (bicyclic) bond motifs is 1. The number of anilines is 1. The van der Waals surface area contributed by atoms with E-state index in [-0.39, 0.29) is 17.9 Å². The Kier molecular flexibility index (Phi) is 4.88. The van der Waals surface area contributed by atoms with Crippen LogP contribution < -0.4 is 5.32 Å². The first-order valence-corrected chi connectivity index (χ1v) is 12.0. The molecule has 1 aliphatic carbocycles. The second-order valence-electron chi connectivity index (χ2n) is 9.45. The molecule has 0 spiro atoms. The van der Waals surface area contributed by atoms with Crippen molar-refractivity contribution in [3.63, 3.8) is 0 Å². The lowest BCUT2D eigenvalue weighted by molar-refractivity contribution is 0.0211. The van der Waals surface area contributed by atoms with Crippen LogP contribution in [0.15, 0.2) is 36.7 Å². The molecular weight excluding hydrogens is 450 g/mol. The van der Waals surface area contributed by atoms with Crippen LogP contribution in [-0.2, 0) is 4.74 Å². The van der Waals surface area contributed by atoms with Gasteiger partial charge >= 0.3 is 0 Å². The monoisotopic (exact) mass is 473 g/mol. The molecule has 0 aromatic carbocycles. The van der Waals surface area contributed by atoms with E-state index < -0.39 is 5.60 Å². The fourth-order valence-corrected chi connectivity index (χ4v) is 5.47. The first-order chi connectivity index (χ1) is 16.4. The minimum Gasteiger partial charge on any atom is -0.390 e. The number of nitrogens with zero attached hydrogens (tertiary/aromatic N) is 6. The van der Waals surface area contributed by atoms with Gasteiger partial charge in [0.25, 0.3) is 0 Å². The fourth-order valence-electron chi connectivity index (χ4n) is 4.42. The molecule has 2 atom stereocenters. The first kappa shape index (κ1) is 21.2. The van der Waals surface area contributed by atoms with E-state index in [1.54, 1.807) is 28.1 Å². The van der Waals surface area contributed by atoms with E-state index in [2.05, 4.69) is 26.7 Å². The van der Waals surface area contributed by atoms with Crippen molar-refractivity contribution in [2.24, 2.45) is 5.92 Å². The van der Waals surface area contributed by atoms with E-state index in [1.165, 1.54) is 0 Å². The van der Waals surface area contributed by atoms with Gasteiger partial charge in [0.05, 0.1) is 59.1 Å². The summed E-state index contributed by atoms with van der Waals surface area (Å²) in [5.74, 6) is 0.474. The number of ether oxygens (including phenoxy) is 1. The molecule has 6 rings (SSSR count). The van der Waals surface area contributed by atoms with Crippen LogP contribution in [0.5, 0.6) is 0 Å². The fraction of sp³-hybridized carbons (Fsp3) is 0.375. The number of aliphatic hydroxyl groups is 1. The van der Waals surface area contributed by atoms with E-state index >= 15 is 0 Å². The lowest BCUT2D eigenvalue weighted by atomic mass is 10.0. The Labute approximate surface area is 200 Å². The number of hydrogen-bond donors (Lipinski definition) is 2. The zero-order chi connectivity index (χ0) is 23.4. The maximum absolute atomic E-state index is 10.3. The van der Waals surface area contributed by atoms with E-state index in [9.17, 15) is 5.11 Å². The van der Waals surface area contributed by atoms with Crippen LogP contribution in [0.3, 0.4) is 0 Å². The van der Waals surface area contributed by atoms with Crippen molar-refractivity contribution in [3.8, 4) is 28.0 Å². The predicted octanol–water partition coefficient (Wildman–Crippen LogP) is 3.47. The van der Waals surface area contributed by atoms with Gasteiger partial charge in [-0.1, -0.05) is 11.3 Å². The van der Waals surface area contributed by atoms with E-state index in [0.717, 1.165) is 44.6 Å². The molecule has 1 saturated heterocycles. The van der Waals surface area contributed by atoms with Crippen LogP contribution >= 0.6 is 11.3 Å². The zero-order valence-electron chi connectivity index (χ0n) is 18.8. The van der Waals surface area contributed by atoms with E-state index in [4.69, 9.17) is 15.0 Å². The topological polar surface area (TPSA) is 121 Å². The summed E-state index contributed by atoms with van der Waals surface area (Å²) in [6, 6.07) is 10.0. The normalized spacial score (nSPS) is 20.2. The van der Waals surface area contributed by atoms with Crippen molar-refractivity contribution in [2.75, 3.05) is 18.5 Å². The highest BCUT2D eigenvalue weighted by Crippen LogP contribution is 2.54. The molecule has 10 heteroatoms. The minimum atomic E-state index is -0.710. The molecule has 34 heavy (non-hydrogen) atoms. The molecule has 9 nitrogen and oxygen atoms in total. The smallest absolute Gasteiger partial charge is 0.151 e. The quantitative estimate of drug-likeness (QED) is 0.437. The van der Waals surface area contributed by atoms with Crippen molar-refractivity contribution < 1.29 is 9.84 Å². The third-order valence-corrected chi connectivity index (χ3v) is 7.57. The van der Waals surface area contributed by atoms with Crippen LogP contribution in [0.25, 0.3) is 27.5 Å². The molecule has 4 aromatic rings. The molecule has 0 radical (unpaired) electrons. The SMILES string of the molecule is CC(C)(O)[C@H]1C[C@H]1c1nnc(-c2cnc(-c3ccc4cc(C#N)cnn34)cc2NC2COC2)s1. The standard InChI is InChI=1S/C24H23N7O2S/c1-24(2,32)18-6-16(18)22-29-30-23(34-22)17-10-26-20(7-19(17)28-14-11-33-12-14)21-4-3-15-5-13(8-25)9-27-31(15)21/h3-5,7,9-10,14,16,18,32H,6,11-12H2,1-2H3,(H,26,28)/t16-,18+/m1/s1. The van der Waals surface area contributed by atoms with Gasteiger partial charge in [-0.2, -0.15) is 10.4 Å². The first-order valence-electron chi connectivity index (χ1n) is 11.2. The maximum Gasteiger partial charge on any atom is 0.151 e. The lowest BCUT2D eigenvalue weighted by Gasteiger charge is -2.28. The van der Waals surface area contributed by atoms with Crippen LogP contribution in [-0.4, -0.2) is 54.8 Å². The average Bonchev–Trinajstić information content (AvgIpc) is 3.29. The summed E-state index contributed by atoms with van der Waals surface area (Å²) in [5, 5.41) is 38.1. The maximum atomic E-state index is 10.3. The average molecular weight is 474 g/mol. The number of nitriles is 1. The Bertz CT molecular complexity index is 1430. The predicted molar refractivity (Wildman–Crippen MR) is 127 cm³/mol. The van der Waals surface area contributed by atoms with Crippen LogP contribution in [0.4, 0.5) is 5.69 Å². The second-order valence-corrected chi connectivity index (χ2v) is 10.5. The Balaban J connectivity index is 1.36. The third kappa shape index (κ3) is 3.72. The largest absolute Gasteiger partial charge is 0.390 e. The molecule has 1 aliphatic heterocycles. The summed E-state index contributed by atoms with van der Waals surface area (Å²) in [6.45, 7) is 5.01. The minimum absolute atomic E-state index is 0.218. The molecule has 2 N–H and O–H groups in total. The summed E-state index contributed by atoms with van der Waals surface area (Å²) in [7, 11) is 0. The molecule has 2 fully saturated rings. The van der Waals surface area contributed by atoms with Gasteiger partial charge in [-0.15, -0.1) is 10.2 Å². The molecule has 1 saturated carbocycles. The Morgan fingerprint density at radius 3 is 2.79 bits per heavy atom. The molecule has 172 valence electrons. The summed E-state index contributed by atoms with van der Waals surface area (Å²) in [4.78, 5) is 4.73. The van der Waals surface area contributed by atoms with E-state index in [0.29, 0.717) is 18.8 Å². The van der Waals surface area contributed by atoms with Crippen molar-refractivity contribution in [3.05, 3.63) is 47.2 Å². The molecule has 2 aliphatic rings. The van der Waals surface area contributed by atoms with Gasteiger partial charge in [-0.05, 0) is 50.5 Å². The van der Waals surface area contributed by atoms with Crippen LogP contribution in [0.2, 0.25) is 0 Å². The Morgan fingerprint density at radius 1 is 1.24 bits per heavy atom. The van der Waals surface area contributed by atoms with Crippen molar-refractivity contribution >= 4 is 22.5 Å². The summed E-state index contributed by atoms with van der Waals surface area (Å²) in [5.41, 5.74) is 4.04. The number of hydrogen-bond acceptors (Lipinski definition) is 9. The second kappa shape index (κ2) is 7.84. The van der Waals surface area contributed by atoms with Gasteiger partial charge in [0.1, 0.15) is 11.1 Å². The molecule has 4 aromatic heterocycles. The van der Waals surface area contributed by atoms with Gasteiger partial charge in [0.2, 0.25) is 0 Å². The van der Waals surface area contributed by atoms with Crippen molar-refractivity contribution in [1.82, 2.24) is 24.8 Å². The summed E-state index contributed by atoms with van der Waals surface area (Å²) in [6.07, 6.45) is 4.31. The molecule has 0 unspecified atom stereocenters. The number of rotatable bonds is 6. The zero-order valence-corrected chi connectivity index (χ0v) is 19.6. The van der Waals surface area contributed by atoms with Gasteiger partial charge in [-0.25, -0.2) is 4.52 Å². The number of nitrogens with one attached hydrogen (secondary N) is 1. The Hall–Kier alpha value is -3.39. The van der Waals surface area contributed by atoms with Gasteiger partial charge in [0, 0.05) is 17.8 Å². The van der Waals surface area contributed by atoms with Gasteiger partial charge in [0.15, 0.2) is 5.01 Å². The highest BCUT2D eigenvalue weighted by atomic mass is 32.1. The number of pyridine rings is 1. The van der Waals surface area contributed by atoms with Gasteiger partial charge in [-0.3, -0.25) is 4.98 Å². The third-order valence-electron chi connectivity index (χ3n) is 6.48. The molecule has 0 bridgehead atoms. The number of aromatic nitrogens is 5. The highest BCUT2D eigenvalue weighted by Gasteiger charge is 2.49. The van der Waals surface area contributed by atoms with Crippen LogP contribution in [0.1, 0.15) is 36.8 Å². The van der Waals surface area contributed by atoms with E-state index in [1.807, 2.05) is 38.2 Å². The molecule has 5 heterocycles. The van der Waals surface area contributed by atoms with Gasteiger partial charge < -0.3 is 15.2 Å². The summed E-state index contributed by atoms with van der Waals surface area (Å²) >= 11 is 1.56. The molecule has 0 amide bonds. The van der Waals surface area contributed by atoms with Crippen molar-refractivity contribution in [2.45, 2.75) is 37.8 Å². The van der Waals surface area contributed by atoms with Crippen molar-refractivity contribution in [1.29, 1.82) is 5.26 Å². The highest BCUT2D eigenvalue weighted by molar-refractivity contribution is 7.14.